The number of esters is 4. The zero-order valence-electron chi connectivity index (χ0n) is 58.3. The zero-order chi connectivity index (χ0) is 66.3. The van der Waals surface area contributed by atoms with Crippen LogP contribution in [0.2, 0.25) is 0 Å². The Bertz CT molecular complexity index is 1740. The molecule has 2 unspecified atom stereocenters. The van der Waals surface area contributed by atoms with Gasteiger partial charge in [0.05, 0.1) is 26.4 Å². The summed E-state index contributed by atoms with van der Waals surface area (Å²) < 4.78 is 68.2. The van der Waals surface area contributed by atoms with E-state index in [9.17, 15) is 43.2 Å². The third kappa shape index (κ3) is 64.8. The summed E-state index contributed by atoms with van der Waals surface area (Å²) in [4.78, 5) is 72.4. The summed E-state index contributed by atoms with van der Waals surface area (Å²) in [5, 5.41) is 10.6. The van der Waals surface area contributed by atoms with Gasteiger partial charge in [0.25, 0.3) is 0 Å². The quantitative estimate of drug-likeness (QED) is 0.0222. The number of phosphoric acid groups is 2. The molecular weight excluding hydrogens is 1190 g/mol. The Kier molecular flexibility index (Phi) is 63.0. The molecule has 90 heavy (non-hydrogen) atoms. The average molecular weight is 1330 g/mol. The summed E-state index contributed by atoms with van der Waals surface area (Å²) in [5.41, 5.74) is 0. The minimum absolute atomic E-state index is 0.106. The largest absolute Gasteiger partial charge is 0.472 e. The van der Waals surface area contributed by atoms with Gasteiger partial charge in [0.15, 0.2) is 12.2 Å². The van der Waals surface area contributed by atoms with E-state index >= 15 is 0 Å². The number of aliphatic hydroxyl groups excluding tert-OH is 1. The van der Waals surface area contributed by atoms with Gasteiger partial charge in [-0.15, -0.1) is 0 Å². The number of phosphoric ester groups is 2. The molecule has 0 radical (unpaired) electrons. The lowest BCUT2D eigenvalue weighted by Gasteiger charge is -2.21. The summed E-state index contributed by atoms with van der Waals surface area (Å²) in [6.45, 7) is 7.18. The summed E-state index contributed by atoms with van der Waals surface area (Å²) in [5.74, 6) is -1.40. The van der Waals surface area contributed by atoms with Gasteiger partial charge < -0.3 is 33.8 Å². The first kappa shape index (κ1) is 88.1. The van der Waals surface area contributed by atoms with Crippen LogP contribution in [0.25, 0.3) is 0 Å². The molecule has 5 atom stereocenters. The van der Waals surface area contributed by atoms with Gasteiger partial charge in [-0.25, -0.2) is 9.13 Å². The minimum atomic E-state index is -4.95. The summed E-state index contributed by atoms with van der Waals surface area (Å²) in [6.07, 6.45) is 51.6. The van der Waals surface area contributed by atoms with E-state index in [1.165, 1.54) is 186 Å². The van der Waals surface area contributed by atoms with Crippen LogP contribution in [0.5, 0.6) is 0 Å². The van der Waals surface area contributed by atoms with Crippen LogP contribution in [0.15, 0.2) is 0 Å². The number of aliphatic hydroxyl groups is 1. The van der Waals surface area contributed by atoms with Crippen LogP contribution in [0.4, 0.5) is 0 Å². The first-order valence-corrected chi connectivity index (χ1v) is 40.1. The summed E-state index contributed by atoms with van der Waals surface area (Å²) in [7, 11) is -9.89. The Morgan fingerprint density at radius 1 is 0.300 bits per heavy atom. The van der Waals surface area contributed by atoms with Crippen LogP contribution < -0.4 is 0 Å². The normalized spacial score (nSPS) is 14.1. The predicted octanol–water partition coefficient (Wildman–Crippen LogP) is 20.5. The van der Waals surface area contributed by atoms with Crippen LogP contribution in [-0.2, 0) is 65.4 Å². The molecular formula is C71H138O17P2. The van der Waals surface area contributed by atoms with E-state index in [0.29, 0.717) is 25.7 Å². The van der Waals surface area contributed by atoms with Crippen molar-refractivity contribution >= 4 is 39.5 Å². The fraction of sp³-hybridized carbons (Fsp3) is 0.944. The second-order valence-electron chi connectivity index (χ2n) is 26.1. The maximum absolute atomic E-state index is 13.0. The average Bonchev–Trinajstić information content (AvgIpc) is 3.36. The molecule has 0 spiro atoms. The Balaban J connectivity index is 5.14. The van der Waals surface area contributed by atoms with Crippen LogP contribution in [-0.4, -0.2) is 96.7 Å². The monoisotopic (exact) mass is 1320 g/mol. The molecule has 0 aromatic heterocycles. The number of hydrogen-bond acceptors (Lipinski definition) is 15. The van der Waals surface area contributed by atoms with Crippen molar-refractivity contribution in [2.24, 2.45) is 5.92 Å². The molecule has 0 bridgehead atoms. The van der Waals surface area contributed by atoms with E-state index in [-0.39, 0.29) is 25.7 Å². The Morgan fingerprint density at radius 3 is 0.756 bits per heavy atom. The van der Waals surface area contributed by atoms with Crippen LogP contribution >= 0.6 is 15.6 Å². The first-order chi connectivity index (χ1) is 43.5. The summed E-state index contributed by atoms with van der Waals surface area (Å²) in [6, 6.07) is 0. The van der Waals surface area contributed by atoms with Gasteiger partial charge in [0, 0.05) is 25.7 Å². The molecule has 0 aliphatic rings. The molecule has 17 nitrogen and oxygen atoms in total. The second-order valence-corrected chi connectivity index (χ2v) is 29.0. The third-order valence-corrected chi connectivity index (χ3v) is 18.4. The molecule has 0 saturated carbocycles. The maximum atomic E-state index is 13.0. The molecule has 0 rings (SSSR count). The third-order valence-electron chi connectivity index (χ3n) is 16.5. The fourth-order valence-electron chi connectivity index (χ4n) is 10.8. The highest BCUT2D eigenvalue weighted by molar-refractivity contribution is 7.47. The Labute approximate surface area is 549 Å². The van der Waals surface area contributed by atoms with Gasteiger partial charge in [-0.1, -0.05) is 317 Å². The molecule has 0 aliphatic carbocycles. The number of unbranched alkanes of at least 4 members (excludes halogenated alkanes) is 43. The van der Waals surface area contributed by atoms with E-state index < -0.39 is 97.5 Å². The standard InChI is InChI=1S/C71H138O17P2/c1-6-9-12-15-18-21-23-24-25-26-27-28-29-30-31-32-33-35-42-47-52-57-71(76)88-67(61-82-69(74)55-50-45-40-37-36-38-43-48-53-64(4)5)63-86-90(79,80)84-59-65(72)58-83-89(77,78)85-62-66(60-81-68(73)54-49-44-39-20-17-14-11-8-3)87-70(75)56-51-46-41-34-22-19-16-13-10-7-2/h64-67,72H,6-63H2,1-5H3,(H,77,78)(H,79,80)/t65-,66+,67+/m0/s1. The van der Waals surface area contributed by atoms with Gasteiger partial charge in [-0.2, -0.15) is 0 Å². The van der Waals surface area contributed by atoms with E-state index in [1.807, 2.05) is 0 Å². The fourth-order valence-corrected chi connectivity index (χ4v) is 12.4. The molecule has 0 aromatic carbocycles. The van der Waals surface area contributed by atoms with Crippen molar-refractivity contribution in [2.45, 2.75) is 387 Å². The highest BCUT2D eigenvalue weighted by Crippen LogP contribution is 2.45. The van der Waals surface area contributed by atoms with Crippen molar-refractivity contribution in [2.75, 3.05) is 39.6 Å². The van der Waals surface area contributed by atoms with Crippen molar-refractivity contribution in [1.29, 1.82) is 0 Å². The number of hydrogen-bond donors (Lipinski definition) is 3. The molecule has 0 aliphatic heterocycles. The highest BCUT2D eigenvalue weighted by atomic mass is 31.2. The molecule has 19 heteroatoms. The number of ether oxygens (including phenoxy) is 4. The second kappa shape index (κ2) is 64.4. The van der Waals surface area contributed by atoms with Crippen molar-refractivity contribution in [3.05, 3.63) is 0 Å². The molecule has 0 saturated heterocycles. The summed E-state index contributed by atoms with van der Waals surface area (Å²) >= 11 is 0. The topological polar surface area (TPSA) is 237 Å². The van der Waals surface area contributed by atoms with E-state index in [2.05, 4.69) is 34.6 Å². The number of carbonyl (C=O) groups excluding carboxylic acids is 4. The molecule has 0 heterocycles. The maximum Gasteiger partial charge on any atom is 0.472 e. The lowest BCUT2D eigenvalue weighted by molar-refractivity contribution is -0.161. The molecule has 0 aromatic rings. The van der Waals surface area contributed by atoms with Gasteiger partial charge >= 0.3 is 39.5 Å². The highest BCUT2D eigenvalue weighted by Gasteiger charge is 2.30. The van der Waals surface area contributed by atoms with Gasteiger partial charge in [-0.05, 0) is 31.6 Å². The zero-order valence-corrected chi connectivity index (χ0v) is 60.1. The van der Waals surface area contributed by atoms with Crippen molar-refractivity contribution < 1.29 is 80.2 Å². The molecule has 0 fully saturated rings. The Hall–Kier alpha value is -1.94. The molecule has 3 N–H and O–H groups in total. The predicted molar refractivity (Wildman–Crippen MR) is 363 cm³/mol. The first-order valence-electron chi connectivity index (χ1n) is 37.1. The minimum Gasteiger partial charge on any atom is -0.462 e. The van der Waals surface area contributed by atoms with Gasteiger partial charge in [-0.3, -0.25) is 37.3 Å². The van der Waals surface area contributed by atoms with Gasteiger partial charge in [0.2, 0.25) is 0 Å². The van der Waals surface area contributed by atoms with Crippen LogP contribution in [0.1, 0.15) is 369 Å². The number of carbonyl (C=O) groups is 4. The van der Waals surface area contributed by atoms with E-state index in [4.69, 9.17) is 37.0 Å². The van der Waals surface area contributed by atoms with Crippen molar-refractivity contribution in [1.82, 2.24) is 0 Å². The number of rotatable bonds is 71. The van der Waals surface area contributed by atoms with Crippen molar-refractivity contribution in [3.63, 3.8) is 0 Å². The lowest BCUT2D eigenvalue weighted by atomic mass is 10.0. The van der Waals surface area contributed by atoms with Gasteiger partial charge in [0.1, 0.15) is 19.3 Å². The molecule has 0 amide bonds. The van der Waals surface area contributed by atoms with Crippen LogP contribution in [0, 0.1) is 5.92 Å². The lowest BCUT2D eigenvalue weighted by Crippen LogP contribution is -2.30. The molecule has 534 valence electrons. The van der Waals surface area contributed by atoms with Crippen molar-refractivity contribution in [3.8, 4) is 0 Å². The van der Waals surface area contributed by atoms with E-state index in [0.717, 1.165) is 102 Å². The smallest absolute Gasteiger partial charge is 0.462 e. The Morgan fingerprint density at radius 2 is 0.511 bits per heavy atom. The SMILES string of the molecule is CCCCCCCCCCCCCCCCCCCCCCCC(=O)O[C@H](COC(=O)CCCCCCCCCCC(C)C)COP(=O)(O)OC[C@@H](O)COP(=O)(O)OC[C@@H](COC(=O)CCCCCCCCCC)OC(=O)CCCCCCCCCCCC. The van der Waals surface area contributed by atoms with E-state index in [1.54, 1.807) is 0 Å². The van der Waals surface area contributed by atoms with Crippen LogP contribution in [0.3, 0.4) is 0 Å².